The molecule has 5 nitrogen and oxygen atoms in total. The van der Waals surface area contributed by atoms with Gasteiger partial charge in [-0.15, -0.1) is 0 Å². The van der Waals surface area contributed by atoms with Crippen LogP contribution in [0.15, 0.2) is 24.3 Å². The molecule has 0 spiro atoms. The molecule has 2 N–H and O–H groups in total. The fourth-order valence-corrected chi connectivity index (χ4v) is 3.89. The molecule has 1 atom stereocenters. The fraction of sp³-hybridized carbons (Fsp3) is 0.632. The molecule has 0 unspecified atom stereocenters. The van der Waals surface area contributed by atoms with Crippen LogP contribution >= 0.6 is 0 Å². The van der Waals surface area contributed by atoms with Crippen molar-refractivity contribution in [3.05, 3.63) is 24.3 Å². The number of benzene rings is 1. The van der Waals surface area contributed by atoms with E-state index in [1.807, 2.05) is 12.1 Å². The molecule has 1 aromatic rings. The molecule has 3 rings (SSSR count). The second-order valence-corrected chi connectivity index (χ2v) is 7.12. The SMILES string of the molecule is C[C@H](C(=O)N1CCCCCC1)[NH+]1CCN(c2ccc(O)cc2)CC1. The number of nitrogens with one attached hydrogen (secondary N) is 1. The quantitative estimate of drug-likeness (QED) is 0.864. The summed E-state index contributed by atoms with van der Waals surface area (Å²) in [4.78, 5) is 18.6. The Morgan fingerprint density at radius 2 is 1.58 bits per heavy atom. The van der Waals surface area contributed by atoms with Crippen LogP contribution in [0.25, 0.3) is 0 Å². The summed E-state index contributed by atoms with van der Waals surface area (Å²) in [5, 5.41) is 9.41. The number of amides is 1. The van der Waals surface area contributed by atoms with Crippen LogP contribution in [0, 0.1) is 0 Å². The largest absolute Gasteiger partial charge is 0.508 e. The van der Waals surface area contributed by atoms with E-state index < -0.39 is 0 Å². The maximum atomic E-state index is 12.8. The van der Waals surface area contributed by atoms with Gasteiger partial charge < -0.3 is 19.8 Å². The predicted octanol–water partition coefficient (Wildman–Crippen LogP) is 0.888. The first-order valence-electron chi connectivity index (χ1n) is 9.32. The Balaban J connectivity index is 1.53. The number of quaternary nitrogens is 1. The smallest absolute Gasteiger partial charge is 0.280 e. The normalized spacial score (nSPS) is 21.4. The number of phenolic OH excluding ortho intramolecular Hbond substituents is 1. The van der Waals surface area contributed by atoms with Gasteiger partial charge in [0, 0.05) is 18.8 Å². The zero-order chi connectivity index (χ0) is 16.9. The lowest BCUT2D eigenvalue weighted by Crippen LogP contribution is -3.19. The van der Waals surface area contributed by atoms with Crippen molar-refractivity contribution in [2.24, 2.45) is 0 Å². The number of hydrogen-bond donors (Lipinski definition) is 2. The zero-order valence-electron chi connectivity index (χ0n) is 14.7. The molecule has 0 bridgehead atoms. The number of aromatic hydroxyl groups is 1. The summed E-state index contributed by atoms with van der Waals surface area (Å²) in [6, 6.07) is 7.46. The maximum absolute atomic E-state index is 12.8. The van der Waals surface area contributed by atoms with Gasteiger partial charge in [-0.1, -0.05) is 12.8 Å². The lowest BCUT2D eigenvalue weighted by atomic mass is 10.1. The molecule has 5 heteroatoms. The van der Waals surface area contributed by atoms with Crippen LogP contribution in [0.3, 0.4) is 0 Å². The molecule has 2 aliphatic rings. The summed E-state index contributed by atoms with van der Waals surface area (Å²) in [6.45, 7) is 7.86. The summed E-state index contributed by atoms with van der Waals surface area (Å²) in [7, 11) is 0. The number of nitrogens with zero attached hydrogens (tertiary/aromatic N) is 2. The molecule has 132 valence electrons. The average Bonchev–Trinajstić information content (AvgIpc) is 2.91. The summed E-state index contributed by atoms with van der Waals surface area (Å²) in [5.74, 6) is 0.643. The van der Waals surface area contributed by atoms with Crippen LogP contribution in [0.4, 0.5) is 5.69 Å². The van der Waals surface area contributed by atoms with Crippen LogP contribution < -0.4 is 9.80 Å². The Labute approximate surface area is 144 Å². The third-order valence-corrected chi connectivity index (χ3v) is 5.52. The van der Waals surface area contributed by atoms with Gasteiger partial charge in [0.2, 0.25) is 0 Å². The molecule has 1 amide bonds. The fourth-order valence-electron chi connectivity index (χ4n) is 3.89. The number of anilines is 1. The van der Waals surface area contributed by atoms with Crippen molar-refractivity contribution >= 4 is 11.6 Å². The van der Waals surface area contributed by atoms with Crippen LogP contribution in [0.5, 0.6) is 5.75 Å². The van der Waals surface area contributed by atoms with E-state index in [2.05, 4.69) is 16.7 Å². The Kier molecular flexibility index (Phi) is 5.61. The highest BCUT2D eigenvalue weighted by molar-refractivity contribution is 5.80. The highest BCUT2D eigenvalue weighted by Crippen LogP contribution is 2.18. The Bertz CT molecular complexity index is 530. The predicted molar refractivity (Wildman–Crippen MR) is 95.5 cm³/mol. The second-order valence-electron chi connectivity index (χ2n) is 7.12. The van der Waals surface area contributed by atoms with Gasteiger partial charge in [0.15, 0.2) is 6.04 Å². The monoisotopic (exact) mass is 332 g/mol. The first-order valence-corrected chi connectivity index (χ1v) is 9.32. The maximum Gasteiger partial charge on any atom is 0.280 e. The lowest BCUT2D eigenvalue weighted by molar-refractivity contribution is -0.915. The Morgan fingerprint density at radius 1 is 1.00 bits per heavy atom. The Hall–Kier alpha value is -1.75. The van der Waals surface area contributed by atoms with Crippen molar-refractivity contribution in [3.8, 4) is 5.75 Å². The first-order chi connectivity index (χ1) is 11.6. The average molecular weight is 332 g/mol. The van der Waals surface area contributed by atoms with Gasteiger partial charge in [-0.3, -0.25) is 4.79 Å². The molecule has 0 saturated carbocycles. The highest BCUT2D eigenvalue weighted by atomic mass is 16.3. The number of rotatable bonds is 3. The van der Waals surface area contributed by atoms with Crippen molar-refractivity contribution in [1.29, 1.82) is 0 Å². The van der Waals surface area contributed by atoms with Crippen molar-refractivity contribution < 1.29 is 14.8 Å². The summed E-state index contributed by atoms with van der Waals surface area (Å²) >= 11 is 0. The molecule has 0 aliphatic carbocycles. The van der Waals surface area contributed by atoms with Gasteiger partial charge >= 0.3 is 0 Å². The minimum absolute atomic E-state index is 0.0602. The lowest BCUT2D eigenvalue weighted by Gasteiger charge is -2.37. The zero-order valence-corrected chi connectivity index (χ0v) is 14.7. The van der Waals surface area contributed by atoms with E-state index >= 15 is 0 Å². The van der Waals surface area contributed by atoms with Crippen molar-refractivity contribution in [1.82, 2.24) is 4.90 Å². The molecule has 0 aromatic heterocycles. The molecule has 2 saturated heterocycles. The number of phenols is 1. The Morgan fingerprint density at radius 3 is 2.17 bits per heavy atom. The van der Waals surface area contributed by atoms with Crippen molar-refractivity contribution in [2.45, 2.75) is 38.6 Å². The summed E-state index contributed by atoms with van der Waals surface area (Å²) < 4.78 is 0. The van der Waals surface area contributed by atoms with E-state index in [1.54, 1.807) is 12.1 Å². The number of carbonyl (C=O) groups excluding carboxylic acids is 1. The minimum atomic E-state index is 0.0602. The first kappa shape index (κ1) is 17.1. The molecule has 2 heterocycles. The van der Waals surface area contributed by atoms with Crippen LogP contribution in [0.2, 0.25) is 0 Å². The third-order valence-electron chi connectivity index (χ3n) is 5.52. The molecule has 2 aliphatic heterocycles. The van der Waals surface area contributed by atoms with E-state index in [0.717, 1.165) is 57.8 Å². The molecule has 0 radical (unpaired) electrons. The van der Waals surface area contributed by atoms with Gasteiger partial charge in [0.1, 0.15) is 5.75 Å². The van der Waals surface area contributed by atoms with E-state index in [9.17, 15) is 9.90 Å². The molecule has 2 fully saturated rings. The van der Waals surface area contributed by atoms with Crippen LogP contribution in [0.1, 0.15) is 32.6 Å². The van der Waals surface area contributed by atoms with E-state index in [4.69, 9.17) is 0 Å². The molecular formula is C19H30N3O2+. The van der Waals surface area contributed by atoms with Crippen molar-refractivity contribution in [2.75, 3.05) is 44.2 Å². The number of carbonyl (C=O) groups is 1. The van der Waals surface area contributed by atoms with Crippen LogP contribution in [-0.4, -0.2) is 61.2 Å². The summed E-state index contributed by atoms with van der Waals surface area (Å²) in [5.41, 5.74) is 1.15. The third kappa shape index (κ3) is 4.01. The number of piperazine rings is 1. The van der Waals surface area contributed by atoms with E-state index in [-0.39, 0.29) is 6.04 Å². The number of hydrogen-bond acceptors (Lipinski definition) is 3. The van der Waals surface area contributed by atoms with Crippen molar-refractivity contribution in [3.63, 3.8) is 0 Å². The molecule has 1 aromatic carbocycles. The van der Waals surface area contributed by atoms with Gasteiger partial charge in [-0.05, 0) is 44.0 Å². The van der Waals surface area contributed by atoms with Crippen LogP contribution in [-0.2, 0) is 4.79 Å². The van der Waals surface area contributed by atoms with Gasteiger partial charge in [0.05, 0.1) is 26.2 Å². The number of likely N-dealkylation sites (tertiary alicyclic amines) is 1. The standard InChI is InChI=1S/C19H29N3O2/c1-16(19(24)22-10-4-2-3-5-11-22)20-12-14-21(15-13-20)17-6-8-18(23)9-7-17/h6-9,16,23H,2-5,10-15H2,1H3/p+1/t16-/m1/s1. The van der Waals surface area contributed by atoms with E-state index in [0.29, 0.717) is 11.7 Å². The highest BCUT2D eigenvalue weighted by Gasteiger charge is 2.32. The molecule has 24 heavy (non-hydrogen) atoms. The van der Waals surface area contributed by atoms with Gasteiger partial charge in [-0.25, -0.2) is 0 Å². The molecular weight excluding hydrogens is 302 g/mol. The van der Waals surface area contributed by atoms with E-state index in [1.165, 1.54) is 17.7 Å². The van der Waals surface area contributed by atoms with Gasteiger partial charge in [-0.2, -0.15) is 0 Å². The second kappa shape index (κ2) is 7.88. The minimum Gasteiger partial charge on any atom is -0.508 e. The topological polar surface area (TPSA) is 48.2 Å². The van der Waals surface area contributed by atoms with Gasteiger partial charge in [0.25, 0.3) is 5.91 Å². The summed E-state index contributed by atoms with van der Waals surface area (Å²) in [6.07, 6.45) is 4.83.